The molecule has 2 aliphatic rings. The van der Waals surface area contributed by atoms with E-state index < -0.39 is 0 Å². The van der Waals surface area contributed by atoms with Gasteiger partial charge in [0.15, 0.2) is 0 Å². The van der Waals surface area contributed by atoms with Gasteiger partial charge in [0.25, 0.3) is 0 Å². The Kier molecular flexibility index (Phi) is 3.14. The summed E-state index contributed by atoms with van der Waals surface area (Å²) in [4.78, 5) is 11.3. The van der Waals surface area contributed by atoms with E-state index in [1.165, 1.54) is 11.3 Å². The van der Waals surface area contributed by atoms with E-state index in [0.717, 1.165) is 55.7 Å². The molecule has 0 aliphatic carbocycles. The number of aryl methyl sites for hydroxylation is 3. The van der Waals surface area contributed by atoms with Gasteiger partial charge in [-0.05, 0) is 26.8 Å². The van der Waals surface area contributed by atoms with E-state index in [4.69, 9.17) is 4.74 Å². The molecule has 0 amide bonds. The van der Waals surface area contributed by atoms with E-state index in [9.17, 15) is 0 Å². The fourth-order valence-electron chi connectivity index (χ4n) is 3.47. The molecule has 2 aromatic heterocycles. The van der Waals surface area contributed by atoms with Gasteiger partial charge < -0.3 is 4.74 Å². The van der Waals surface area contributed by atoms with Crippen molar-refractivity contribution in [3.63, 3.8) is 0 Å². The topological polar surface area (TPSA) is 56.1 Å². The third kappa shape index (κ3) is 2.37. The molecule has 0 aromatic carbocycles. The molecule has 0 saturated heterocycles. The molecule has 4 heterocycles. The van der Waals surface area contributed by atoms with E-state index >= 15 is 0 Å². The normalized spacial score (nSPS) is 20.6. The van der Waals surface area contributed by atoms with Crippen LogP contribution in [0.4, 0.5) is 0 Å². The van der Waals surface area contributed by atoms with Crippen molar-refractivity contribution in [2.75, 3.05) is 13.1 Å². The summed E-state index contributed by atoms with van der Waals surface area (Å²) in [6.07, 6.45) is 1.09. The molecule has 6 nitrogen and oxygen atoms in total. The molecule has 0 saturated carbocycles. The Hall–Kier alpha value is -1.95. The standard InChI is InChI=1S/C16H21N5O/c1-10-6-13-8-20(4-5-21(13)19-10)9-14-7-15-11(2)17-12(3)18-16(15)22-14/h6,14H,4-5,7-9H2,1-3H3/t14-/m1/s1. The summed E-state index contributed by atoms with van der Waals surface area (Å²) in [6.45, 7) is 9.87. The number of rotatable bonds is 2. The molecule has 6 heteroatoms. The van der Waals surface area contributed by atoms with Gasteiger partial charge in [0.1, 0.15) is 11.9 Å². The van der Waals surface area contributed by atoms with Crippen molar-refractivity contribution in [3.8, 4) is 5.88 Å². The largest absolute Gasteiger partial charge is 0.472 e. The highest BCUT2D eigenvalue weighted by Crippen LogP contribution is 2.29. The number of ether oxygens (including phenoxy) is 1. The molecule has 22 heavy (non-hydrogen) atoms. The number of fused-ring (bicyclic) bond motifs is 2. The van der Waals surface area contributed by atoms with Crippen LogP contribution in [0.25, 0.3) is 0 Å². The summed E-state index contributed by atoms with van der Waals surface area (Å²) in [5, 5.41) is 4.51. The van der Waals surface area contributed by atoms with Gasteiger partial charge in [0, 0.05) is 37.3 Å². The zero-order valence-electron chi connectivity index (χ0n) is 13.3. The summed E-state index contributed by atoms with van der Waals surface area (Å²) >= 11 is 0. The van der Waals surface area contributed by atoms with E-state index in [1.807, 2.05) is 13.8 Å². The monoisotopic (exact) mass is 299 g/mol. The smallest absolute Gasteiger partial charge is 0.220 e. The fraction of sp³-hybridized carbons (Fsp3) is 0.562. The fourth-order valence-corrected chi connectivity index (χ4v) is 3.47. The molecule has 0 radical (unpaired) electrons. The van der Waals surface area contributed by atoms with Crippen LogP contribution in [-0.4, -0.2) is 43.8 Å². The van der Waals surface area contributed by atoms with Crippen LogP contribution in [-0.2, 0) is 19.5 Å². The molecule has 0 bridgehead atoms. The highest BCUT2D eigenvalue weighted by molar-refractivity contribution is 5.34. The van der Waals surface area contributed by atoms with E-state index in [1.54, 1.807) is 0 Å². The van der Waals surface area contributed by atoms with Gasteiger partial charge in [-0.3, -0.25) is 9.58 Å². The van der Waals surface area contributed by atoms with Crippen LogP contribution in [0, 0.1) is 20.8 Å². The summed E-state index contributed by atoms with van der Waals surface area (Å²) in [5.74, 6) is 1.57. The summed E-state index contributed by atoms with van der Waals surface area (Å²) in [6, 6.07) is 2.18. The molecular weight excluding hydrogens is 278 g/mol. The van der Waals surface area contributed by atoms with Gasteiger partial charge in [-0.25, -0.2) is 4.98 Å². The van der Waals surface area contributed by atoms with Crippen LogP contribution in [0.5, 0.6) is 5.88 Å². The summed E-state index contributed by atoms with van der Waals surface area (Å²) < 4.78 is 8.17. The van der Waals surface area contributed by atoms with Gasteiger partial charge in [-0.2, -0.15) is 10.1 Å². The predicted molar refractivity (Wildman–Crippen MR) is 81.9 cm³/mol. The SMILES string of the molecule is Cc1cc2n(n1)CCN(C[C@H]1Cc3c(C)nc(C)nc3O1)C2. The second kappa shape index (κ2) is 5.05. The van der Waals surface area contributed by atoms with Crippen LogP contribution in [0.1, 0.15) is 28.5 Å². The maximum atomic E-state index is 6.05. The lowest BCUT2D eigenvalue weighted by molar-refractivity contribution is 0.124. The molecular formula is C16H21N5O. The van der Waals surface area contributed by atoms with Crippen LogP contribution in [0.2, 0.25) is 0 Å². The first-order chi connectivity index (χ1) is 10.6. The minimum Gasteiger partial charge on any atom is -0.472 e. The van der Waals surface area contributed by atoms with Gasteiger partial charge in [-0.1, -0.05) is 0 Å². The molecule has 0 fully saturated rings. The van der Waals surface area contributed by atoms with Crippen LogP contribution in [0.15, 0.2) is 6.07 Å². The number of nitrogens with zero attached hydrogens (tertiary/aromatic N) is 5. The Morgan fingerprint density at radius 2 is 2.09 bits per heavy atom. The Labute approximate surface area is 130 Å². The van der Waals surface area contributed by atoms with Crippen LogP contribution >= 0.6 is 0 Å². The molecule has 4 rings (SSSR count). The van der Waals surface area contributed by atoms with Crippen molar-refractivity contribution in [1.29, 1.82) is 0 Å². The lowest BCUT2D eigenvalue weighted by Crippen LogP contribution is -2.40. The van der Waals surface area contributed by atoms with Crippen molar-refractivity contribution >= 4 is 0 Å². The number of hydrogen-bond donors (Lipinski definition) is 0. The highest BCUT2D eigenvalue weighted by Gasteiger charge is 2.29. The Bertz CT molecular complexity index is 724. The molecule has 116 valence electrons. The Morgan fingerprint density at radius 3 is 2.95 bits per heavy atom. The maximum absolute atomic E-state index is 6.05. The zero-order chi connectivity index (χ0) is 15.3. The van der Waals surface area contributed by atoms with Gasteiger partial charge in [0.2, 0.25) is 5.88 Å². The van der Waals surface area contributed by atoms with E-state index in [0.29, 0.717) is 0 Å². The molecule has 0 unspecified atom stereocenters. The van der Waals surface area contributed by atoms with Crippen molar-refractivity contribution < 1.29 is 4.74 Å². The van der Waals surface area contributed by atoms with Crippen molar-refractivity contribution in [1.82, 2.24) is 24.6 Å². The number of hydrogen-bond acceptors (Lipinski definition) is 5. The van der Waals surface area contributed by atoms with Crippen molar-refractivity contribution in [3.05, 3.63) is 34.5 Å². The van der Waals surface area contributed by atoms with E-state index in [2.05, 4.69) is 37.6 Å². The second-order valence-corrected chi connectivity index (χ2v) is 6.32. The average molecular weight is 299 g/mol. The highest BCUT2D eigenvalue weighted by atomic mass is 16.5. The lowest BCUT2D eigenvalue weighted by atomic mass is 10.1. The number of aromatic nitrogens is 4. The first kappa shape index (κ1) is 13.7. The zero-order valence-corrected chi connectivity index (χ0v) is 13.3. The van der Waals surface area contributed by atoms with E-state index in [-0.39, 0.29) is 6.10 Å². The molecule has 2 aromatic rings. The quantitative estimate of drug-likeness (QED) is 0.839. The third-order valence-corrected chi connectivity index (χ3v) is 4.46. The van der Waals surface area contributed by atoms with Gasteiger partial charge in [0.05, 0.1) is 17.9 Å². The third-order valence-electron chi connectivity index (χ3n) is 4.46. The van der Waals surface area contributed by atoms with Crippen LogP contribution < -0.4 is 4.74 Å². The molecule has 0 spiro atoms. The lowest BCUT2D eigenvalue weighted by Gasteiger charge is -2.29. The molecule has 1 atom stereocenters. The molecule has 2 aliphatic heterocycles. The van der Waals surface area contributed by atoms with Gasteiger partial charge >= 0.3 is 0 Å². The maximum Gasteiger partial charge on any atom is 0.220 e. The van der Waals surface area contributed by atoms with Gasteiger partial charge in [-0.15, -0.1) is 0 Å². The summed E-state index contributed by atoms with van der Waals surface area (Å²) in [5.41, 5.74) is 4.62. The van der Waals surface area contributed by atoms with Crippen molar-refractivity contribution in [2.45, 2.75) is 46.4 Å². The second-order valence-electron chi connectivity index (χ2n) is 6.32. The van der Waals surface area contributed by atoms with Crippen molar-refractivity contribution in [2.24, 2.45) is 0 Å². The Morgan fingerprint density at radius 1 is 1.23 bits per heavy atom. The van der Waals surface area contributed by atoms with Crippen LogP contribution in [0.3, 0.4) is 0 Å². The molecule has 0 N–H and O–H groups in total. The first-order valence-electron chi connectivity index (χ1n) is 7.85. The minimum absolute atomic E-state index is 0.181. The first-order valence-corrected chi connectivity index (χ1v) is 7.85. The predicted octanol–water partition coefficient (Wildman–Crippen LogP) is 1.42. The minimum atomic E-state index is 0.181. The average Bonchev–Trinajstić information content (AvgIpc) is 3.00. The Balaban J connectivity index is 1.45. The summed E-state index contributed by atoms with van der Waals surface area (Å²) in [7, 11) is 0.